The molecule has 0 saturated carbocycles. The van der Waals surface area contributed by atoms with Crippen LogP contribution in [-0.2, 0) is 16.6 Å². The summed E-state index contributed by atoms with van der Waals surface area (Å²) in [5.41, 5.74) is 4.82. The molecule has 32 heavy (non-hydrogen) atoms. The van der Waals surface area contributed by atoms with Crippen LogP contribution in [-0.4, -0.2) is 13.0 Å². The third-order valence-electron chi connectivity index (χ3n) is 5.57. The molecule has 0 saturated heterocycles. The van der Waals surface area contributed by atoms with Crippen molar-refractivity contribution in [3.63, 3.8) is 0 Å². The lowest BCUT2D eigenvalue weighted by Crippen LogP contribution is -2.27. The Morgan fingerprint density at radius 1 is 1.00 bits per heavy atom. The van der Waals surface area contributed by atoms with E-state index in [9.17, 15) is 13.2 Å². The molecule has 0 fully saturated rings. The van der Waals surface area contributed by atoms with E-state index in [0.717, 1.165) is 33.6 Å². The summed E-state index contributed by atoms with van der Waals surface area (Å²) in [7, 11) is -3.76. The number of rotatable bonds is 6. The second kappa shape index (κ2) is 8.83. The van der Waals surface area contributed by atoms with Crippen molar-refractivity contribution in [1.29, 1.82) is 0 Å². The highest BCUT2D eigenvalue weighted by molar-refractivity contribution is 7.89. The van der Waals surface area contributed by atoms with Crippen LogP contribution in [0.25, 0.3) is 10.2 Å². The maximum Gasteiger partial charge on any atom is 0.308 e. The van der Waals surface area contributed by atoms with Crippen LogP contribution in [0.1, 0.15) is 35.2 Å². The molecular weight excluding hydrogens is 464 g/mol. The van der Waals surface area contributed by atoms with E-state index >= 15 is 0 Å². The number of nitrogens with zero attached hydrogens (tertiary/aromatic N) is 1. The van der Waals surface area contributed by atoms with Crippen LogP contribution in [0.4, 0.5) is 0 Å². The summed E-state index contributed by atoms with van der Waals surface area (Å²) in [5.74, 6) is 0. The monoisotopic (exact) mass is 486 g/mol. The van der Waals surface area contributed by atoms with Gasteiger partial charge in [0.15, 0.2) is 0 Å². The molecule has 1 heterocycles. The molecule has 1 aromatic heterocycles. The summed E-state index contributed by atoms with van der Waals surface area (Å²) < 4.78 is 31.1. The first-order valence-electron chi connectivity index (χ1n) is 10.1. The largest absolute Gasteiger partial charge is 0.308 e. The molecule has 0 aliphatic rings. The Morgan fingerprint density at radius 3 is 2.41 bits per heavy atom. The molecule has 4 aromatic rings. The molecule has 0 bridgehead atoms. The van der Waals surface area contributed by atoms with E-state index in [1.54, 1.807) is 34.9 Å². The van der Waals surface area contributed by atoms with Gasteiger partial charge >= 0.3 is 4.87 Å². The zero-order valence-corrected chi connectivity index (χ0v) is 20.3. The predicted molar refractivity (Wildman–Crippen MR) is 131 cm³/mol. The average Bonchev–Trinajstić information content (AvgIpc) is 3.05. The van der Waals surface area contributed by atoms with Crippen molar-refractivity contribution < 1.29 is 8.42 Å². The van der Waals surface area contributed by atoms with Crippen LogP contribution in [0.3, 0.4) is 0 Å². The molecule has 1 N–H and O–H groups in total. The van der Waals surface area contributed by atoms with Gasteiger partial charge in [-0.05, 0) is 73.4 Å². The van der Waals surface area contributed by atoms with Crippen LogP contribution in [0.2, 0.25) is 5.02 Å². The first kappa shape index (κ1) is 22.7. The van der Waals surface area contributed by atoms with E-state index in [-0.39, 0.29) is 15.8 Å². The topological polar surface area (TPSA) is 68.2 Å². The van der Waals surface area contributed by atoms with Gasteiger partial charge in [-0.3, -0.25) is 9.36 Å². The lowest BCUT2D eigenvalue weighted by atomic mass is 10.0. The highest BCUT2D eigenvalue weighted by Gasteiger charge is 2.20. The van der Waals surface area contributed by atoms with Gasteiger partial charge in [0.05, 0.1) is 21.7 Å². The van der Waals surface area contributed by atoms with Crippen LogP contribution in [0, 0.1) is 13.8 Å². The summed E-state index contributed by atoms with van der Waals surface area (Å²) in [6.07, 6.45) is 0. The van der Waals surface area contributed by atoms with Crippen molar-refractivity contribution in [1.82, 2.24) is 9.29 Å². The molecule has 0 amide bonds. The Kier molecular flexibility index (Phi) is 6.27. The quantitative estimate of drug-likeness (QED) is 0.395. The summed E-state index contributed by atoms with van der Waals surface area (Å²) in [4.78, 5) is 12.6. The van der Waals surface area contributed by atoms with Gasteiger partial charge in [-0.2, -0.15) is 0 Å². The third-order valence-corrected chi connectivity index (χ3v) is 8.30. The van der Waals surface area contributed by atoms with E-state index < -0.39 is 10.0 Å². The van der Waals surface area contributed by atoms with Crippen LogP contribution in [0.15, 0.2) is 70.4 Å². The van der Waals surface area contributed by atoms with Crippen molar-refractivity contribution in [2.24, 2.45) is 0 Å². The molecule has 8 heteroatoms. The van der Waals surface area contributed by atoms with E-state index in [1.165, 1.54) is 0 Å². The molecule has 1 atom stereocenters. The number of halogens is 1. The van der Waals surface area contributed by atoms with Crippen LogP contribution >= 0.6 is 22.9 Å². The standard InChI is InChI=1S/C24H23ClN2O3S2/c1-15-4-7-19(12-16(15)2)17(3)26-32(29,30)21-10-11-22-23(13-21)31-24(28)27(22)14-18-5-8-20(25)9-6-18/h4-13,17,26H,14H2,1-3H3/t17-/m1/s1. The number of sulfonamides is 1. The highest BCUT2D eigenvalue weighted by atomic mass is 35.5. The molecule has 0 aliphatic carbocycles. The van der Waals surface area contributed by atoms with Gasteiger partial charge < -0.3 is 0 Å². The van der Waals surface area contributed by atoms with Crippen molar-refractivity contribution in [2.75, 3.05) is 0 Å². The SMILES string of the molecule is Cc1ccc([C@@H](C)NS(=O)(=O)c2ccc3c(c2)sc(=O)n3Cc2ccc(Cl)cc2)cc1C. The maximum absolute atomic E-state index is 13.0. The number of benzene rings is 3. The number of nitrogens with one attached hydrogen (secondary N) is 1. The molecule has 0 aliphatic heterocycles. The first-order valence-corrected chi connectivity index (χ1v) is 12.8. The first-order chi connectivity index (χ1) is 15.1. The average molecular weight is 487 g/mol. The fourth-order valence-electron chi connectivity index (χ4n) is 3.54. The van der Waals surface area contributed by atoms with E-state index in [4.69, 9.17) is 11.6 Å². The number of fused-ring (bicyclic) bond motifs is 1. The van der Waals surface area contributed by atoms with Crippen molar-refractivity contribution in [3.8, 4) is 0 Å². The molecule has 3 aromatic carbocycles. The molecule has 0 spiro atoms. The van der Waals surface area contributed by atoms with Gasteiger partial charge in [-0.1, -0.05) is 53.3 Å². The van der Waals surface area contributed by atoms with E-state index in [2.05, 4.69) is 4.72 Å². The summed E-state index contributed by atoms with van der Waals surface area (Å²) in [5, 5.41) is 0.633. The molecule has 0 radical (unpaired) electrons. The third kappa shape index (κ3) is 4.66. The van der Waals surface area contributed by atoms with Crippen molar-refractivity contribution in [2.45, 2.75) is 38.3 Å². The Labute approximate surface area is 196 Å². The molecule has 4 rings (SSSR count). The second-order valence-electron chi connectivity index (χ2n) is 7.90. The number of hydrogen-bond donors (Lipinski definition) is 1. The number of aromatic nitrogens is 1. The second-order valence-corrected chi connectivity index (χ2v) is 11.0. The van der Waals surface area contributed by atoms with Gasteiger partial charge in [0, 0.05) is 11.1 Å². The lowest BCUT2D eigenvalue weighted by molar-refractivity contribution is 0.567. The Balaban J connectivity index is 1.62. The number of aryl methyl sites for hydroxylation is 2. The molecule has 0 unspecified atom stereocenters. The lowest BCUT2D eigenvalue weighted by Gasteiger charge is -2.16. The summed E-state index contributed by atoms with van der Waals surface area (Å²) in [6, 6.07) is 17.6. The highest BCUT2D eigenvalue weighted by Crippen LogP contribution is 2.25. The Bertz CT molecular complexity index is 1460. The van der Waals surface area contributed by atoms with Crippen molar-refractivity contribution in [3.05, 3.63) is 97.6 Å². The van der Waals surface area contributed by atoms with Crippen molar-refractivity contribution >= 4 is 43.2 Å². The maximum atomic E-state index is 13.0. The van der Waals surface area contributed by atoms with Gasteiger partial charge in [0.25, 0.3) is 0 Å². The van der Waals surface area contributed by atoms with E-state index in [0.29, 0.717) is 21.8 Å². The Morgan fingerprint density at radius 2 is 1.72 bits per heavy atom. The van der Waals surface area contributed by atoms with Crippen LogP contribution in [0.5, 0.6) is 0 Å². The fraction of sp³-hybridized carbons (Fsp3) is 0.208. The van der Waals surface area contributed by atoms with Gasteiger partial charge in [0.2, 0.25) is 10.0 Å². The summed E-state index contributed by atoms with van der Waals surface area (Å²) in [6.45, 7) is 6.24. The summed E-state index contributed by atoms with van der Waals surface area (Å²) >= 11 is 6.98. The predicted octanol–water partition coefficient (Wildman–Crippen LogP) is 5.42. The van der Waals surface area contributed by atoms with Gasteiger partial charge in [0.1, 0.15) is 0 Å². The normalized spacial score (nSPS) is 12.9. The van der Waals surface area contributed by atoms with Gasteiger partial charge in [-0.25, -0.2) is 13.1 Å². The fourth-order valence-corrected chi connectivity index (χ4v) is 5.93. The van der Waals surface area contributed by atoms with E-state index in [1.807, 2.05) is 51.1 Å². The zero-order valence-electron chi connectivity index (χ0n) is 17.9. The molecule has 5 nitrogen and oxygen atoms in total. The zero-order chi connectivity index (χ0) is 23.0. The smallest absolute Gasteiger partial charge is 0.294 e. The van der Waals surface area contributed by atoms with Crippen LogP contribution < -0.4 is 9.60 Å². The minimum Gasteiger partial charge on any atom is -0.294 e. The number of hydrogen-bond acceptors (Lipinski definition) is 4. The minimum absolute atomic E-state index is 0.138. The molecular formula is C24H23ClN2O3S2. The Hall–Kier alpha value is -2.45. The molecule has 166 valence electrons. The minimum atomic E-state index is -3.76. The number of thiazole rings is 1. The van der Waals surface area contributed by atoms with Gasteiger partial charge in [-0.15, -0.1) is 0 Å².